The van der Waals surface area contributed by atoms with Crippen molar-refractivity contribution in [3.63, 3.8) is 0 Å². The van der Waals surface area contributed by atoms with E-state index in [9.17, 15) is 9.59 Å². The number of amides is 1. The van der Waals surface area contributed by atoms with Crippen LogP contribution in [0.3, 0.4) is 0 Å². The van der Waals surface area contributed by atoms with Gasteiger partial charge in [-0.2, -0.15) is 0 Å². The van der Waals surface area contributed by atoms with E-state index in [4.69, 9.17) is 16.7 Å². The maximum atomic E-state index is 11.0. The molecule has 0 bridgehead atoms. The van der Waals surface area contributed by atoms with Crippen LogP contribution in [0.15, 0.2) is 0 Å². The van der Waals surface area contributed by atoms with Gasteiger partial charge in [-0.3, -0.25) is 4.79 Å². The molecule has 17 heavy (non-hydrogen) atoms. The molecule has 0 unspecified atom stereocenters. The topological polar surface area (TPSA) is 66.4 Å². The van der Waals surface area contributed by atoms with Crippen LogP contribution in [0.1, 0.15) is 51.9 Å². The number of carbonyl (C=O) groups is 2. The lowest BCUT2D eigenvalue weighted by Gasteiger charge is -2.13. The third kappa shape index (κ3) is 8.98. The van der Waals surface area contributed by atoms with E-state index < -0.39 is 17.9 Å². The highest BCUT2D eigenvalue weighted by molar-refractivity contribution is 6.27. The zero-order valence-corrected chi connectivity index (χ0v) is 11.1. The predicted molar refractivity (Wildman–Crippen MR) is 68.3 cm³/mol. The van der Waals surface area contributed by atoms with Crippen molar-refractivity contribution in [3.8, 4) is 0 Å². The number of rotatable bonds is 10. The number of aliphatic carboxylic acids is 1. The first-order valence-corrected chi connectivity index (χ1v) is 6.73. The van der Waals surface area contributed by atoms with Gasteiger partial charge in [0, 0.05) is 0 Å². The molecular weight excluding hydrogens is 242 g/mol. The summed E-state index contributed by atoms with van der Waals surface area (Å²) < 4.78 is 0. The molecule has 0 rings (SSSR count). The molecule has 100 valence electrons. The molecule has 0 aromatic heterocycles. The van der Waals surface area contributed by atoms with Crippen LogP contribution in [-0.4, -0.2) is 28.9 Å². The van der Waals surface area contributed by atoms with Crippen LogP contribution in [0.2, 0.25) is 0 Å². The first kappa shape index (κ1) is 16.2. The van der Waals surface area contributed by atoms with Crippen LogP contribution in [0.25, 0.3) is 0 Å². The molecular formula is C12H22ClNO3. The molecule has 0 spiro atoms. The molecule has 0 aliphatic rings. The summed E-state index contributed by atoms with van der Waals surface area (Å²) in [4.78, 5) is 21.9. The van der Waals surface area contributed by atoms with Crippen molar-refractivity contribution >= 4 is 23.5 Å². The molecule has 0 radical (unpaired) electrons. The Bertz CT molecular complexity index is 234. The number of alkyl halides is 1. The molecule has 0 saturated heterocycles. The third-order valence-corrected chi connectivity index (χ3v) is 2.84. The lowest BCUT2D eigenvalue weighted by molar-refractivity contribution is -0.141. The van der Waals surface area contributed by atoms with Crippen molar-refractivity contribution < 1.29 is 14.7 Å². The van der Waals surface area contributed by atoms with Crippen LogP contribution in [-0.2, 0) is 9.59 Å². The largest absolute Gasteiger partial charge is 0.480 e. The van der Waals surface area contributed by atoms with Gasteiger partial charge in [0.25, 0.3) is 0 Å². The van der Waals surface area contributed by atoms with E-state index in [0.29, 0.717) is 6.42 Å². The predicted octanol–water partition coefficient (Wildman–Crippen LogP) is 2.55. The van der Waals surface area contributed by atoms with E-state index in [1.165, 1.54) is 19.3 Å². The normalized spacial score (nSPS) is 12.1. The number of hydrogen-bond acceptors (Lipinski definition) is 2. The number of carboxylic acids is 1. The highest BCUT2D eigenvalue weighted by Crippen LogP contribution is 2.08. The van der Waals surface area contributed by atoms with Crippen molar-refractivity contribution in [2.45, 2.75) is 57.9 Å². The van der Waals surface area contributed by atoms with Crippen molar-refractivity contribution in [2.75, 3.05) is 5.88 Å². The second-order valence-electron chi connectivity index (χ2n) is 4.15. The summed E-state index contributed by atoms with van der Waals surface area (Å²) in [6, 6.07) is -0.799. The van der Waals surface area contributed by atoms with Crippen LogP contribution < -0.4 is 5.32 Å². The zero-order chi connectivity index (χ0) is 13.1. The van der Waals surface area contributed by atoms with Crippen molar-refractivity contribution in [3.05, 3.63) is 0 Å². The molecule has 0 saturated carbocycles. The van der Waals surface area contributed by atoms with Gasteiger partial charge in [-0.25, -0.2) is 4.79 Å². The standard InChI is InChI=1S/C12H22ClNO3/c1-2-3-4-5-6-7-8-10(12(16)17)14-11(15)9-13/h10H,2-9H2,1H3,(H,14,15)(H,16,17)/t10-/m0/s1. The Balaban J connectivity index is 3.71. The average Bonchev–Trinajstić information content (AvgIpc) is 2.31. The fourth-order valence-corrected chi connectivity index (χ4v) is 1.70. The summed E-state index contributed by atoms with van der Waals surface area (Å²) >= 11 is 5.31. The van der Waals surface area contributed by atoms with E-state index in [1.54, 1.807) is 0 Å². The van der Waals surface area contributed by atoms with E-state index in [2.05, 4.69) is 12.2 Å². The average molecular weight is 264 g/mol. The fourth-order valence-electron chi connectivity index (χ4n) is 1.62. The number of hydrogen-bond donors (Lipinski definition) is 2. The summed E-state index contributed by atoms with van der Waals surface area (Å²) in [5.41, 5.74) is 0. The minimum atomic E-state index is -0.989. The van der Waals surface area contributed by atoms with Gasteiger partial charge in [-0.1, -0.05) is 45.4 Å². The summed E-state index contributed by atoms with van der Waals surface area (Å²) in [5.74, 6) is -1.61. The lowest BCUT2D eigenvalue weighted by Crippen LogP contribution is -2.41. The lowest BCUT2D eigenvalue weighted by atomic mass is 10.1. The minimum absolute atomic E-state index is 0.194. The molecule has 1 atom stereocenters. The molecule has 0 fully saturated rings. The van der Waals surface area contributed by atoms with Crippen molar-refractivity contribution in [1.82, 2.24) is 5.32 Å². The number of carbonyl (C=O) groups excluding carboxylic acids is 1. The van der Waals surface area contributed by atoms with Crippen molar-refractivity contribution in [1.29, 1.82) is 0 Å². The third-order valence-electron chi connectivity index (χ3n) is 2.60. The van der Waals surface area contributed by atoms with Gasteiger partial charge in [0.05, 0.1) is 0 Å². The summed E-state index contributed by atoms with van der Waals surface area (Å²) in [7, 11) is 0. The first-order valence-electron chi connectivity index (χ1n) is 6.20. The molecule has 0 heterocycles. The van der Waals surface area contributed by atoms with Gasteiger partial charge in [-0.15, -0.1) is 11.6 Å². The highest BCUT2D eigenvalue weighted by Gasteiger charge is 2.18. The van der Waals surface area contributed by atoms with Gasteiger partial charge in [0.15, 0.2) is 0 Å². The zero-order valence-electron chi connectivity index (χ0n) is 10.4. The monoisotopic (exact) mass is 263 g/mol. The van der Waals surface area contributed by atoms with Gasteiger partial charge in [0.1, 0.15) is 11.9 Å². The number of halogens is 1. The van der Waals surface area contributed by atoms with E-state index in [0.717, 1.165) is 19.3 Å². The quantitative estimate of drug-likeness (QED) is 0.470. The van der Waals surface area contributed by atoms with Crippen molar-refractivity contribution in [2.24, 2.45) is 0 Å². The number of unbranched alkanes of at least 4 members (excludes halogenated alkanes) is 5. The van der Waals surface area contributed by atoms with E-state index >= 15 is 0 Å². The Hall–Kier alpha value is -0.770. The van der Waals surface area contributed by atoms with Gasteiger partial charge in [0.2, 0.25) is 5.91 Å². The van der Waals surface area contributed by atoms with Crippen LogP contribution >= 0.6 is 11.6 Å². The van der Waals surface area contributed by atoms with Crippen LogP contribution in [0.5, 0.6) is 0 Å². The Morgan fingerprint density at radius 2 is 1.76 bits per heavy atom. The number of nitrogens with one attached hydrogen (secondary N) is 1. The van der Waals surface area contributed by atoms with E-state index in [-0.39, 0.29) is 5.88 Å². The molecule has 0 aromatic carbocycles. The molecule has 4 nitrogen and oxygen atoms in total. The second kappa shape index (κ2) is 10.4. The van der Waals surface area contributed by atoms with Gasteiger partial charge < -0.3 is 10.4 Å². The highest BCUT2D eigenvalue weighted by atomic mass is 35.5. The minimum Gasteiger partial charge on any atom is -0.480 e. The molecule has 2 N–H and O–H groups in total. The maximum Gasteiger partial charge on any atom is 0.326 e. The van der Waals surface area contributed by atoms with Gasteiger partial charge in [-0.05, 0) is 6.42 Å². The Morgan fingerprint density at radius 3 is 2.29 bits per heavy atom. The molecule has 0 aromatic rings. The summed E-state index contributed by atoms with van der Waals surface area (Å²) in [5, 5.41) is 11.3. The molecule has 0 aliphatic heterocycles. The Labute approximate surface area is 108 Å². The summed E-state index contributed by atoms with van der Waals surface area (Å²) in [6.07, 6.45) is 7.06. The second-order valence-corrected chi connectivity index (χ2v) is 4.42. The smallest absolute Gasteiger partial charge is 0.326 e. The summed E-state index contributed by atoms with van der Waals surface area (Å²) in [6.45, 7) is 2.15. The Kier molecular flexibility index (Phi) is 9.92. The Morgan fingerprint density at radius 1 is 1.18 bits per heavy atom. The van der Waals surface area contributed by atoms with Crippen LogP contribution in [0, 0.1) is 0 Å². The first-order chi connectivity index (χ1) is 8.11. The molecule has 1 amide bonds. The maximum absolute atomic E-state index is 11.0. The van der Waals surface area contributed by atoms with Gasteiger partial charge >= 0.3 is 5.97 Å². The fraction of sp³-hybridized carbons (Fsp3) is 0.833. The van der Waals surface area contributed by atoms with Crippen LogP contribution in [0.4, 0.5) is 0 Å². The molecule has 0 aliphatic carbocycles. The SMILES string of the molecule is CCCCCCCC[C@H](NC(=O)CCl)C(=O)O. The molecule has 5 heteroatoms. The van der Waals surface area contributed by atoms with E-state index in [1.807, 2.05) is 0 Å². The number of carboxylic acid groups (broad SMARTS) is 1.